The molecule has 0 radical (unpaired) electrons. The average molecular weight is 493 g/mol. The van der Waals surface area contributed by atoms with Gasteiger partial charge in [0.25, 0.3) is 0 Å². The highest BCUT2D eigenvalue weighted by molar-refractivity contribution is 9.10. The second-order valence-electron chi connectivity index (χ2n) is 6.54. The van der Waals surface area contributed by atoms with Gasteiger partial charge in [-0.25, -0.2) is 19.2 Å². The number of ether oxygens (including phenoxy) is 1. The van der Waals surface area contributed by atoms with Gasteiger partial charge in [0.15, 0.2) is 5.75 Å². The van der Waals surface area contributed by atoms with Crippen LogP contribution in [0.4, 0.5) is 26.4 Å². The number of fused-ring (bicyclic) bond motifs is 1. The molecule has 0 spiro atoms. The molecular formula is C19H18BrFN6O4. The Kier molecular flexibility index (Phi) is 6.80. The van der Waals surface area contributed by atoms with Crippen LogP contribution in [-0.2, 0) is 0 Å². The summed E-state index contributed by atoms with van der Waals surface area (Å²) in [5, 5.41) is 17.3. The van der Waals surface area contributed by atoms with E-state index in [0.29, 0.717) is 15.4 Å². The molecule has 0 bridgehead atoms. The summed E-state index contributed by atoms with van der Waals surface area (Å²) in [5.74, 6) is -0.314. The van der Waals surface area contributed by atoms with E-state index in [2.05, 4.69) is 36.5 Å². The van der Waals surface area contributed by atoms with Crippen molar-refractivity contribution in [3.63, 3.8) is 0 Å². The third kappa shape index (κ3) is 5.34. The van der Waals surface area contributed by atoms with Crippen molar-refractivity contribution in [2.75, 3.05) is 32.6 Å². The van der Waals surface area contributed by atoms with Crippen LogP contribution in [0.5, 0.6) is 5.75 Å². The van der Waals surface area contributed by atoms with Gasteiger partial charge < -0.3 is 20.3 Å². The van der Waals surface area contributed by atoms with Crippen molar-refractivity contribution in [3.05, 3.63) is 57.1 Å². The van der Waals surface area contributed by atoms with Crippen LogP contribution in [0.2, 0.25) is 0 Å². The molecule has 0 atom stereocenters. The van der Waals surface area contributed by atoms with Crippen LogP contribution in [0.1, 0.15) is 0 Å². The minimum Gasteiger partial charge on any atom is -0.485 e. The molecule has 1 aromatic heterocycles. The number of nitrogens with zero attached hydrogens (tertiary/aromatic N) is 4. The SMILES string of the molecule is CN(C)C(=O)NCCOc1cc2ncnc(Nc3ccc(Br)cc3F)c2cc1[N+](=O)[O-]. The van der Waals surface area contributed by atoms with Gasteiger partial charge in [-0.1, -0.05) is 15.9 Å². The zero-order valence-corrected chi connectivity index (χ0v) is 18.1. The molecule has 0 saturated carbocycles. The summed E-state index contributed by atoms with van der Waals surface area (Å²) in [4.78, 5) is 32.1. The van der Waals surface area contributed by atoms with Crippen molar-refractivity contribution in [2.24, 2.45) is 0 Å². The summed E-state index contributed by atoms with van der Waals surface area (Å²) in [6.45, 7) is 0.178. The highest BCUT2D eigenvalue weighted by atomic mass is 79.9. The number of anilines is 2. The van der Waals surface area contributed by atoms with Crippen molar-refractivity contribution in [1.29, 1.82) is 0 Å². The first-order valence-electron chi connectivity index (χ1n) is 8.99. The van der Waals surface area contributed by atoms with E-state index < -0.39 is 10.7 Å². The molecule has 0 aliphatic heterocycles. The summed E-state index contributed by atoms with van der Waals surface area (Å²) in [5.41, 5.74) is 0.219. The lowest BCUT2D eigenvalue weighted by molar-refractivity contribution is -0.385. The van der Waals surface area contributed by atoms with Gasteiger partial charge >= 0.3 is 11.7 Å². The molecule has 162 valence electrons. The molecule has 0 aliphatic carbocycles. The molecule has 0 aliphatic rings. The molecule has 10 nitrogen and oxygen atoms in total. The number of benzene rings is 2. The van der Waals surface area contributed by atoms with E-state index in [0.717, 1.165) is 0 Å². The van der Waals surface area contributed by atoms with Crippen molar-refractivity contribution in [3.8, 4) is 5.75 Å². The van der Waals surface area contributed by atoms with Gasteiger partial charge in [-0.05, 0) is 18.2 Å². The highest BCUT2D eigenvalue weighted by Crippen LogP contribution is 2.35. The smallest absolute Gasteiger partial charge is 0.316 e. The van der Waals surface area contributed by atoms with Crippen molar-refractivity contribution in [2.45, 2.75) is 0 Å². The number of carbonyl (C=O) groups excluding carboxylic acids is 1. The van der Waals surface area contributed by atoms with Crippen LogP contribution >= 0.6 is 15.9 Å². The number of hydrogen-bond acceptors (Lipinski definition) is 7. The second kappa shape index (κ2) is 9.51. The zero-order valence-electron chi connectivity index (χ0n) is 16.6. The molecule has 0 saturated heterocycles. The first-order valence-corrected chi connectivity index (χ1v) is 9.78. The Morgan fingerprint density at radius 2 is 2.06 bits per heavy atom. The largest absolute Gasteiger partial charge is 0.485 e. The first kappa shape index (κ1) is 22.2. The third-order valence-electron chi connectivity index (χ3n) is 4.14. The number of nitro benzene ring substituents is 1. The van der Waals surface area contributed by atoms with Gasteiger partial charge in [0.2, 0.25) is 0 Å². The van der Waals surface area contributed by atoms with Crippen molar-refractivity contribution >= 4 is 50.1 Å². The van der Waals surface area contributed by atoms with Gasteiger partial charge in [0.1, 0.15) is 24.6 Å². The number of amides is 2. The summed E-state index contributed by atoms with van der Waals surface area (Å²) in [6.07, 6.45) is 1.26. The molecule has 0 unspecified atom stereocenters. The van der Waals surface area contributed by atoms with E-state index in [1.807, 2.05) is 0 Å². The maximum atomic E-state index is 14.2. The number of hydrogen-bond donors (Lipinski definition) is 2. The number of nitrogens with one attached hydrogen (secondary N) is 2. The number of nitro groups is 1. The minimum absolute atomic E-state index is 0.00363. The molecule has 3 rings (SSSR count). The molecule has 31 heavy (non-hydrogen) atoms. The summed E-state index contributed by atoms with van der Waals surface area (Å²) in [7, 11) is 3.19. The summed E-state index contributed by atoms with van der Waals surface area (Å²) in [6, 6.07) is 6.82. The fourth-order valence-electron chi connectivity index (χ4n) is 2.63. The van der Waals surface area contributed by atoms with Gasteiger partial charge in [0, 0.05) is 30.7 Å². The number of halogens is 2. The lowest BCUT2D eigenvalue weighted by Crippen LogP contribution is -2.36. The Morgan fingerprint density at radius 1 is 1.29 bits per heavy atom. The van der Waals surface area contributed by atoms with E-state index in [1.54, 1.807) is 20.2 Å². The minimum atomic E-state index is -0.593. The number of rotatable bonds is 7. The number of urea groups is 1. The Labute approximate surface area is 184 Å². The molecular weight excluding hydrogens is 475 g/mol. The lowest BCUT2D eigenvalue weighted by atomic mass is 10.2. The van der Waals surface area contributed by atoms with E-state index in [-0.39, 0.29) is 42.1 Å². The maximum absolute atomic E-state index is 14.2. The van der Waals surface area contributed by atoms with Crippen LogP contribution in [0.25, 0.3) is 10.9 Å². The standard InChI is InChI=1S/C19H18BrFN6O4/c1-26(2)19(28)22-5-6-31-17-9-15-12(8-16(17)27(29)30)18(24-10-23-15)25-14-4-3-11(20)7-13(14)21/h3-4,7-10H,5-6H2,1-2H3,(H,22,28)(H,23,24,25). The van der Waals surface area contributed by atoms with Gasteiger partial charge in [-0.15, -0.1) is 0 Å². The van der Waals surface area contributed by atoms with Crippen LogP contribution in [-0.4, -0.2) is 53.1 Å². The van der Waals surface area contributed by atoms with Crippen LogP contribution in [0.15, 0.2) is 41.1 Å². The van der Waals surface area contributed by atoms with Crippen molar-refractivity contribution < 1.29 is 18.8 Å². The normalized spacial score (nSPS) is 10.6. The lowest BCUT2D eigenvalue weighted by Gasteiger charge is -2.13. The number of carbonyl (C=O) groups is 1. The third-order valence-corrected chi connectivity index (χ3v) is 4.63. The van der Waals surface area contributed by atoms with Gasteiger partial charge in [0.05, 0.1) is 28.1 Å². The molecule has 12 heteroatoms. The molecule has 1 heterocycles. The predicted molar refractivity (Wildman–Crippen MR) is 116 cm³/mol. The Balaban J connectivity index is 1.88. The monoisotopic (exact) mass is 492 g/mol. The molecule has 3 aromatic rings. The Bertz CT molecular complexity index is 1140. The fraction of sp³-hybridized carbons (Fsp3) is 0.211. The average Bonchev–Trinajstić information content (AvgIpc) is 2.72. The number of aromatic nitrogens is 2. The highest BCUT2D eigenvalue weighted by Gasteiger charge is 2.20. The molecule has 0 fully saturated rings. The molecule has 2 amide bonds. The van der Waals surface area contributed by atoms with E-state index in [1.165, 1.54) is 35.5 Å². The second-order valence-corrected chi connectivity index (χ2v) is 7.46. The molecule has 2 aromatic carbocycles. The zero-order chi connectivity index (χ0) is 22.5. The summed E-state index contributed by atoms with van der Waals surface area (Å²) >= 11 is 3.19. The Hall–Kier alpha value is -3.54. The van der Waals surface area contributed by atoms with Crippen LogP contribution in [0, 0.1) is 15.9 Å². The summed E-state index contributed by atoms with van der Waals surface area (Å²) < 4.78 is 20.3. The quantitative estimate of drug-likeness (QED) is 0.291. The molecule has 2 N–H and O–H groups in total. The first-order chi connectivity index (χ1) is 14.8. The van der Waals surface area contributed by atoms with E-state index in [4.69, 9.17) is 4.74 Å². The van der Waals surface area contributed by atoms with Crippen LogP contribution < -0.4 is 15.4 Å². The topological polar surface area (TPSA) is 123 Å². The van der Waals surface area contributed by atoms with Gasteiger partial charge in [-0.3, -0.25) is 10.1 Å². The van der Waals surface area contributed by atoms with Crippen LogP contribution in [0.3, 0.4) is 0 Å². The van der Waals surface area contributed by atoms with Crippen molar-refractivity contribution in [1.82, 2.24) is 20.2 Å². The maximum Gasteiger partial charge on any atom is 0.316 e. The van der Waals surface area contributed by atoms with E-state index in [9.17, 15) is 19.3 Å². The fourth-order valence-corrected chi connectivity index (χ4v) is 2.96. The van der Waals surface area contributed by atoms with Gasteiger partial charge in [-0.2, -0.15) is 0 Å². The van der Waals surface area contributed by atoms with E-state index >= 15 is 0 Å². The Morgan fingerprint density at radius 3 is 2.74 bits per heavy atom. The predicted octanol–water partition coefficient (Wildman–Crippen LogP) is 3.83.